The third-order valence-corrected chi connectivity index (χ3v) is 3.26. The summed E-state index contributed by atoms with van der Waals surface area (Å²) in [6.07, 6.45) is -5.36. The Bertz CT molecular complexity index is 579. The van der Waals surface area contributed by atoms with Gasteiger partial charge in [-0.2, -0.15) is 13.2 Å². The molecular formula is C10H7F4O5S-. The van der Waals surface area contributed by atoms with Crippen LogP contribution in [-0.2, 0) is 14.9 Å². The predicted octanol–water partition coefficient (Wildman–Crippen LogP) is 1.46. The molecule has 5 nitrogen and oxygen atoms in total. The Balaban J connectivity index is 2.79. The second-order valence-electron chi connectivity index (χ2n) is 3.63. The van der Waals surface area contributed by atoms with E-state index in [2.05, 4.69) is 4.74 Å². The molecule has 0 saturated heterocycles. The number of carbonyl (C=O) groups excluding carboxylic acids is 1. The van der Waals surface area contributed by atoms with Crippen LogP contribution in [0.1, 0.15) is 10.4 Å². The second-order valence-corrected chi connectivity index (χ2v) is 5.18. The van der Waals surface area contributed by atoms with Crippen molar-refractivity contribution in [3.63, 3.8) is 0 Å². The van der Waals surface area contributed by atoms with E-state index < -0.39 is 39.9 Å². The highest BCUT2D eigenvalue weighted by molar-refractivity contribution is 7.86. The fourth-order valence-corrected chi connectivity index (χ4v) is 1.72. The molecule has 0 fully saturated rings. The highest BCUT2D eigenvalue weighted by atomic mass is 32.2. The molecule has 20 heavy (non-hydrogen) atoms. The van der Waals surface area contributed by atoms with Crippen molar-refractivity contribution in [2.75, 3.05) is 6.61 Å². The first-order valence-electron chi connectivity index (χ1n) is 4.96. The molecule has 0 N–H and O–H groups in total. The smallest absolute Gasteiger partial charge is 0.407 e. The van der Waals surface area contributed by atoms with Crippen LogP contribution in [0.3, 0.4) is 0 Å². The van der Waals surface area contributed by atoms with Gasteiger partial charge in [0.05, 0.1) is 5.56 Å². The van der Waals surface area contributed by atoms with Crippen LogP contribution < -0.4 is 0 Å². The van der Waals surface area contributed by atoms with Crippen LogP contribution in [0.25, 0.3) is 0 Å². The number of halogens is 4. The summed E-state index contributed by atoms with van der Waals surface area (Å²) in [6.45, 7) is -1.66. The lowest BCUT2D eigenvalue weighted by molar-refractivity contribution is -0.138. The van der Waals surface area contributed by atoms with Gasteiger partial charge >= 0.3 is 12.1 Å². The van der Waals surface area contributed by atoms with Gasteiger partial charge in [0.25, 0.3) is 0 Å². The summed E-state index contributed by atoms with van der Waals surface area (Å²) in [6, 6.07) is 3.60. The maximum absolute atomic E-state index is 12.6. The molecule has 0 saturated carbocycles. The molecule has 0 amide bonds. The van der Waals surface area contributed by atoms with E-state index in [0.29, 0.717) is 0 Å². The lowest BCUT2D eigenvalue weighted by atomic mass is 10.2. The number of esters is 1. The zero-order chi connectivity index (χ0) is 15.6. The number of rotatable bonds is 4. The fraction of sp³-hybridized carbons (Fsp3) is 0.300. The normalized spacial score (nSPS) is 13.8. The number of hydrogen-bond acceptors (Lipinski definition) is 5. The minimum absolute atomic E-state index is 0.282. The Kier molecular flexibility index (Phi) is 4.71. The van der Waals surface area contributed by atoms with Crippen LogP contribution in [0, 0.1) is 5.82 Å². The largest absolute Gasteiger partial charge is 0.747 e. The van der Waals surface area contributed by atoms with Gasteiger partial charge in [0, 0.05) is 0 Å². The third-order valence-electron chi connectivity index (χ3n) is 2.16. The first-order valence-corrected chi connectivity index (χ1v) is 6.43. The molecule has 112 valence electrons. The van der Waals surface area contributed by atoms with Crippen molar-refractivity contribution in [1.29, 1.82) is 0 Å². The molecule has 0 aliphatic heterocycles. The van der Waals surface area contributed by atoms with Gasteiger partial charge in [-0.05, 0) is 24.3 Å². The van der Waals surface area contributed by atoms with E-state index in [0.717, 1.165) is 24.3 Å². The van der Waals surface area contributed by atoms with Crippen molar-refractivity contribution in [3.8, 4) is 0 Å². The summed E-state index contributed by atoms with van der Waals surface area (Å²) < 4.78 is 84.9. The molecule has 0 aromatic heterocycles. The Morgan fingerprint density at radius 1 is 1.25 bits per heavy atom. The average molecular weight is 315 g/mol. The molecular weight excluding hydrogens is 308 g/mol. The lowest BCUT2D eigenvalue weighted by Gasteiger charge is -2.22. The molecule has 0 aliphatic rings. The summed E-state index contributed by atoms with van der Waals surface area (Å²) in [7, 11) is -5.72. The van der Waals surface area contributed by atoms with Crippen LogP contribution >= 0.6 is 0 Å². The van der Waals surface area contributed by atoms with E-state index in [4.69, 9.17) is 0 Å². The number of hydrogen-bond donors (Lipinski definition) is 0. The Morgan fingerprint density at radius 3 is 2.15 bits per heavy atom. The van der Waals surface area contributed by atoms with E-state index in [1.165, 1.54) is 0 Å². The first kappa shape index (κ1) is 16.4. The van der Waals surface area contributed by atoms with Gasteiger partial charge in [0.2, 0.25) is 0 Å². The quantitative estimate of drug-likeness (QED) is 0.477. The van der Waals surface area contributed by atoms with Crippen molar-refractivity contribution in [2.45, 2.75) is 11.4 Å². The minimum atomic E-state index is -5.72. The van der Waals surface area contributed by atoms with E-state index in [-0.39, 0.29) is 5.56 Å². The molecule has 0 aliphatic carbocycles. The summed E-state index contributed by atoms with van der Waals surface area (Å²) in [4.78, 5) is 11.3. The van der Waals surface area contributed by atoms with Crippen LogP contribution in [-0.4, -0.2) is 37.0 Å². The molecule has 1 rings (SSSR count). The number of ether oxygens (including phenoxy) is 1. The van der Waals surface area contributed by atoms with Crippen molar-refractivity contribution in [3.05, 3.63) is 35.6 Å². The van der Waals surface area contributed by atoms with Gasteiger partial charge in [0.1, 0.15) is 22.5 Å². The first-order chi connectivity index (χ1) is 9.01. The van der Waals surface area contributed by atoms with Crippen molar-refractivity contribution in [2.24, 2.45) is 0 Å². The fourth-order valence-electron chi connectivity index (χ4n) is 1.16. The maximum Gasteiger partial charge on any atom is 0.407 e. The Morgan fingerprint density at radius 2 is 1.75 bits per heavy atom. The van der Waals surface area contributed by atoms with Crippen LogP contribution in [0.15, 0.2) is 24.3 Å². The second kappa shape index (κ2) is 5.75. The van der Waals surface area contributed by atoms with Gasteiger partial charge in [-0.25, -0.2) is 17.6 Å². The molecule has 10 heteroatoms. The number of alkyl halides is 3. The average Bonchev–Trinajstić information content (AvgIpc) is 2.26. The Labute approximate surface area is 110 Å². The SMILES string of the molecule is O=C(OCC(C(F)(F)F)S(=O)(=O)[O-])c1ccc(F)cc1. The highest BCUT2D eigenvalue weighted by Crippen LogP contribution is 2.26. The van der Waals surface area contributed by atoms with Crippen LogP contribution in [0.4, 0.5) is 17.6 Å². The molecule has 1 atom stereocenters. The van der Waals surface area contributed by atoms with Crippen LogP contribution in [0.2, 0.25) is 0 Å². The van der Waals surface area contributed by atoms with Gasteiger partial charge < -0.3 is 9.29 Å². The molecule has 0 heterocycles. The van der Waals surface area contributed by atoms with Crippen LogP contribution in [0.5, 0.6) is 0 Å². The van der Waals surface area contributed by atoms with E-state index in [1.807, 2.05) is 0 Å². The number of benzene rings is 1. The van der Waals surface area contributed by atoms with E-state index in [9.17, 15) is 35.3 Å². The highest BCUT2D eigenvalue weighted by Gasteiger charge is 2.45. The maximum atomic E-state index is 12.6. The van der Waals surface area contributed by atoms with E-state index in [1.54, 1.807) is 0 Å². The standard InChI is InChI=1S/C10H8F4O5S/c11-7-3-1-6(2-4-7)9(15)19-5-8(10(12,13)14)20(16,17)18/h1-4,8H,5H2,(H,16,17,18)/p-1. The molecule has 0 spiro atoms. The molecule has 0 radical (unpaired) electrons. The molecule has 1 aromatic carbocycles. The lowest BCUT2D eigenvalue weighted by Crippen LogP contribution is -2.40. The monoisotopic (exact) mass is 315 g/mol. The van der Waals surface area contributed by atoms with Crippen molar-refractivity contribution < 1.29 is 40.1 Å². The summed E-state index contributed by atoms with van der Waals surface area (Å²) in [5.74, 6) is -1.99. The van der Waals surface area contributed by atoms with Crippen molar-refractivity contribution in [1.82, 2.24) is 0 Å². The summed E-state index contributed by atoms with van der Waals surface area (Å²) >= 11 is 0. The molecule has 1 unspecified atom stereocenters. The minimum Gasteiger partial charge on any atom is -0.747 e. The summed E-state index contributed by atoms with van der Waals surface area (Å²) in [5.41, 5.74) is -0.282. The Hall–Kier alpha value is -1.68. The van der Waals surface area contributed by atoms with E-state index >= 15 is 0 Å². The molecule has 1 aromatic rings. The zero-order valence-corrected chi connectivity index (χ0v) is 10.4. The van der Waals surface area contributed by atoms with Gasteiger partial charge in [0.15, 0.2) is 5.25 Å². The summed E-state index contributed by atoms with van der Waals surface area (Å²) in [5, 5.41) is -3.35. The molecule has 0 bridgehead atoms. The van der Waals surface area contributed by atoms with Gasteiger partial charge in [-0.1, -0.05) is 0 Å². The third kappa shape index (κ3) is 4.46. The topological polar surface area (TPSA) is 83.5 Å². The van der Waals surface area contributed by atoms with Gasteiger partial charge in [-0.3, -0.25) is 0 Å². The van der Waals surface area contributed by atoms with Gasteiger partial charge in [-0.15, -0.1) is 0 Å². The number of carbonyl (C=O) groups is 1. The predicted molar refractivity (Wildman–Crippen MR) is 56.2 cm³/mol. The van der Waals surface area contributed by atoms with Crippen molar-refractivity contribution >= 4 is 16.1 Å². The zero-order valence-electron chi connectivity index (χ0n) is 9.56.